The number of anilines is 2. The highest BCUT2D eigenvalue weighted by atomic mass is 19.1. The summed E-state index contributed by atoms with van der Waals surface area (Å²) in [6.07, 6.45) is 0. The summed E-state index contributed by atoms with van der Waals surface area (Å²) in [6, 6.07) is 26.4. The molecule has 10 heteroatoms. The number of benzene rings is 6. The van der Waals surface area contributed by atoms with Crippen LogP contribution in [0.25, 0.3) is 0 Å². The minimum Gasteiger partial charge on any atom is -0.507 e. The van der Waals surface area contributed by atoms with Crippen molar-refractivity contribution in [3.05, 3.63) is 165 Å². The molecule has 52 heavy (non-hydrogen) atoms. The number of ether oxygens (including phenoxy) is 2. The number of rotatable bonds is 8. The zero-order chi connectivity index (χ0) is 37.7. The molecule has 6 aromatic rings. The summed E-state index contributed by atoms with van der Waals surface area (Å²) in [4.78, 5) is 25.2. The van der Waals surface area contributed by atoms with Crippen molar-refractivity contribution in [2.75, 3.05) is 11.5 Å². The van der Waals surface area contributed by atoms with Gasteiger partial charge in [0.05, 0.1) is 11.1 Å². The number of hydrogen-bond donors (Lipinski definition) is 4. The summed E-state index contributed by atoms with van der Waals surface area (Å²) in [6.45, 7) is 7.51. The summed E-state index contributed by atoms with van der Waals surface area (Å²) < 4.78 is 37.9. The van der Waals surface area contributed by atoms with Crippen LogP contribution in [0.15, 0.2) is 109 Å². The number of phenolic OH excluding ortho intramolecular Hbond substituents is 2. The van der Waals surface area contributed by atoms with Gasteiger partial charge in [-0.15, -0.1) is 0 Å². The van der Waals surface area contributed by atoms with E-state index >= 15 is 0 Å². The van der Waals surface area contributed by atoms with Crippen molar-refractivity contribution in [3.8, 4) is 34.5 Å². The van der Waals surface area contributed by atoms with Crippen molar-refractivity contribution in [1.29, 1.82) is 0 Å². The van der Waals surface area contributed by atoms with Crippen LogP contribution in [0.3, 0.4) is 0 Å². The number of carbonyl (C=O) groups is 2. The largest absolute Gasteiger partial charge is 0.507 e. The minimum atomic E-state index is -0.433. The third-order valence-corrected chi connectivity index (χ3v) is 8.04. The van der Waals surface area contributed by atoms with E-state index in [9.17, 15) is 28.6 Å². The number of nitrogens with two attached hydrogens (primary N) is 2. The molecule has 0 heterocycles. The topological polar surface area (TPSA) is 145 Å². The van der Waals surface area contributed by atoms with Gasteiger partial charge in [-0.2, -0.15) is 0 Å². The van der Waals surface area contributed by atoms with Crippen LogP contribution in [-0.2, 0) is 0 Å². The summed E-state index contributed by atoms with van der Waals surface area (Å²) in [5, 5.41) is 20.1. The van der Waals surface area contributed by atoms with Gasteiger partial charge in [0.1, 0.15) is 46.1 Å². The maximum Gasteiger partial charge on any atom is 0.196 e. The Morgan fingerprint density at radius 1 is 0.500 bits per heavy atom. The van der Waals surface area contributed by atoms with Crippen molar-refractivity contribution in [2.45, 2.75) is 27.7 Å². The van der Waals surface area contributed by atoms with Gasteiger partial charge in [-0.3, -0.25) is 9.59 Å². The molecule has 0 spiro atoms. The molecular formula is C42H36F2N2O6. The molecule has 0 saturated carbocycles. The van der Waals surface area contributed by atoms with Gasteiger partial charge in [0.25, 0.3) is 0 Å². The minimum absolute atomic E-state index is 0.0832. The van der Waals surface area contributed by atoms with Crippen LogP contribution in [0.1, 0.15) is 54.1 Å². The Labute approximate surface area is 299 Å². The van der Waals surface area contributed by atoms with Gasteiger partial charge in [-0.25, -0.2) is 8.78 Å². The molecule has 0 aliphatic carbocycles. The van der Waals surface area contributed by atoms with Gasteiger partial charge < -0.3 is 31.2 Å². The lowest BCUT2D eigenvalue weighted by Crippen LogP contribution is -2.02. The van der Waals surface area contributed by atoms with Crippen LogP contribution in [0.4, 0.5) is 20.2 Å². The second kappa shape index (κ2) is 15.5. The Bertz CT molecular complexity index is 2080. The van der Waals surface area contributed by atoms with Gasteiger partial charge in [0.2, 0.25) is 0 Å². The van der Waals surface area contributed by atoms with Gasteiger partial charge in [-0.1, -0.05) is 0 Å². The summed E-state index contributed by atoms with van der Waals surface area (Å²) in [5.41, 5.74) is 17.1. The molecule has 264 valence electrons. The molecule has 6 N–H and O–H groups in total. The van der Waals surface area contributed by atoms with Crippen LogP contribution in [0.2, 0.25) is 0 Å². The lowest BCUT2D eigenvalue weighted by molar-refractivity contribution is 0.102. The molecule has 0 bridgehead atoms. The summed E-state index contributed by atoms with van der Waals surface area (Å²) >= 11 is 0. The quantitative estimate of drug-likeness (QED) is 0.0907. The van der Waals surface area contributed by atoms with E-state index in [0.29, 0.717) is 34.4 Å². The Morgan fingerprint density at radius 2 is 0.808 bits per heavy atom. The molecule has 0 radical (unpaired) electrons. The van der Waals surface area contributed by atoms with Gasteiger partial charge in [-0.05, 0) is 159 Å². The average Bonchev–Trinajstić information content (AvgIpc) is 3.09. The van der Waals surface area contributed by atoms with E-state index in [1.807, 2.05) is 27.7 Å². The zero-order valence-corrected chi connectivity index (χ0v) is 28.8. The summed E-state index contributed by atoms with van der Waals surface area (Å²) in [5.74, 6) is 0.0603. The molecular weight excluding hydrogens is 666 g/mol. The maximum atomic E-state index is 13.1. The van der Waals surface area contributed by atoms with E-state index in [0.717, 1.165) is 22.3 Å². The maximum absolute atomic E-state index is 13.1. The normalized spacial score (nSPS) is 10.6. The number of aryl methyl sites for hydroxylation is 4. The molecule has 8 nitrogen and oxygen atoms in total. The molecule has 0 saturated heterocycles. The second-order valence-corrected chi connectivity index (χ2v) is 12.2. The van der Waals surface area contributed by atoms with Crippen LogP contribution >= 0.6 is 0 Å². The first-order valence-corrected chi connectivity index (χ1v) is 16.1. The van der Waals surface area contributed by atoms with Crippen molar-refractivity contribution in [1.82, 2.24) is 0 Å². The standard InChI is InChI=1S/2C21H18FNO3/c2*1-12-9-16(23)10-13(2)21(12)26-17-7-8-19(24)18(11-17)20(25)14-3-5-15(22)6-4-14/h2*3-11,24H,23H2,1-2H3. The summed E-state index contributed by atoms with van der Waals surface area (Å²) in [7, 11) is 0. The van der Waals surface area contributed by atoms with Crippen molar-refractivity contribution >= 4 is 22.9 Å². The number of hydrogen-bond acceptors (Lipinski definition) is 8. The van der Waals surface area contributed by atoms with E-state index in [-0.39, 0.29) is 33.8 Å². The molecule has 6 rings (SSSR count). The first-order valence-electron chi connectivity index (χ1n) is 16.1. The Balaban J connectivity index is 0.000000201. The van der Waals surface area contributed by atoms with Crippen LogP contribution in [-0.4, -0.2) is 21.8 Å². The third kappa shape index (κ3) is 8.54. The highest BCUT2D eigenvalue weighted by Crippen LogP contribution is 2.35. The van der Waals surface area contributed by atoms with Gasteiger partial charge >= 0.3 is 0 Å². The molecule has 6 aromatic carbocycles. The smallest absolute Gasteiger partial charge is 0.196 e. The highest BCUT2D eigenvalue weighted by molar-refractivity contribution is 6.11. The fraction of sp³-hybridized carbons (Fsp3) is 0.0952. The van der Waals surface area contributed by atoms with Gasteiger partial charge in [0, 0.05) is 22.5 Å². The van der Waals surface area contributed by atoms with Crippen LogP contribution < -0.4 is 20.9 Å². The molecule has 0 aromatic heterocycles. The SMILES string of the molecule is Cc1cc(N)cc(C)c1Oc1ccc(O)c(C(=O)c2ccc(F)cc2)c1.Cc1cc(N)cc(C)c1Oc1ccc(O)c(C(=O)c2ccc(F)cc2)c1. The molecule has 0 fully saturated rings. The number of phenols is 2. The van der Waals surface area contributed by atoms with Crippen LogP contribution in [0, 0.1) is 39.3 Å². The lowest BCUT2D eigenvalue weighted by atomic mass is 10.0. The first kappa shape index (κ1) is 36.6. The number of ketones is 2. The Hall–Kier alpha value is -6.68. The molecule has 0 aliphatic rings. The number of aromatic hydroxyl groups is 2. The van der Waals surface area contributed by atoms with Crippen LogP contribution in [0.5, 0.6) is 34.5 Å². The Morgan fingerprint density at radius 3 is 1.12 bits per heavy atom. The average molecular weight is 703 g/mol. The van der Waals surface area contributed by atoms with E-state index in [4.69, 9.17) is 20.9 Å². The second-order valence-electron chi connectivity index (χ2n) is 12.2. The molecule has 0 unspecified atom stereocenters. The monoisotopic (exact) mass is 702 g/mol. The van der Waals surface area contributed by atoms with Crippen molar-refractivity contribution < 1.29 is 38.1 Å². The molecule has 0 atom stereocenters. The highest BCUT2D eigenvalue weighted by Gasteiger charge is 2.18. The Kier molecular flexibility index (Phi) is 10.9. The fourth-order valence-electron chi connectivity index (χ4n) is 5.56. The van der Waals surface area contributed by atoms with E-state index < -0.39 is 23.2 Å². The first-order chi connectivity index (χ1) is 24.7. The number of halogens is 2. The van der Waals surface area contributed by atoms with E-state index in [2.05, 4.69) is 0 Å². The molecule has 0 aliphatic heterocycles. The third-order valence-electron chi connectivity index (χ3n) is 8.04. The predicted molar refractivity (Wildman–Crippen MR) is 197 cm³/mol. The van der Waals surface area contributed by atoms with Crippen molar-refractivity contribution in [2.24, 2.45) is 0 Å². The van der Waals surface area contributed by atoms with Gasteiger partial charge in [0.15, 0.2) is 11.6 Å². The lowest BCUT2D eigenvalue weighted by Gasteiger charge is -2.14. The van der Waals surface area contributed by atoms with E-state index in [1.165, 1.54) is 72.8 Å². The zero-order valence-electron chi connectivity index (χ0n) is 28.8. The van der Waals surface area contributed by atoms with Crippen molar-refractivity contribution in [3.63, 3.8) is 0 Å². The van der Waals surface area contributed by atoms with E-state index in [1.54, 1.807) is 36.4 Å². The fourth-order valence-corrected chi connectivity index (χ4v) is 5.56. The number of nitrogen functional groups attached to an aromatic ring is 2. The number of carbonyl (C=O) groups excluding carboxylic acids is 2. The predicted octanol–water partition coefficient (Wildman–Crippen LogP) is 9.51. The molecule has 0 amide bonds.